The normalized spacial score (nSPS) is 25.3. The van der Waals surface area contributed by atoms with E-state index in [1.807, 2.05) is 11.8 Å². The predicted molar refractivity (Wildman–Crippen MR) is 74.5 cm³/mol. The van der Waals surface area contributed by atoms with Crippen molar-refractivity contribution in [2.75, 3.05) is 20.2 Å². The first-order valence-electron chi connectivity index (χ1n) is 7.02. The van der Waals surface area contributed by atoms with E-state index in [2.05, 4.69) is 27.7 Å². The molecule has 19 heavy (non-hydrogen) atoms. The lowest BCUT2D eigenvalue weighted by atomic mass is 9.80. The van der Waals surface area contributed by atoms with E-state index < -0.39 is 0 Å². The van der Waals surface area contributed by atoms with Gasteiger partial charge in [-0.25, -0.2) is 0 Å². The highest BCUT2D eigenvalue weighted by Crippen LogP contribution is 2.30. The SMILES string of the molecule is COC(=O)C1CN(C(=O)CC(C)C(C)(C)C)CC1C. The second-order valence-electron chi connectivity index (χ2n) is 6.88. The van der Waals surface area contributed by atoms with Crippen molar-refractivity contribution in [2.45, 2.75) is 41.0 Å². The van der Waals surface area contributed by atoms with E-state index in [1.165, 1.54) is 7.11 Å². The molecule has 1 saturated heterocycles. The molecular weight excluding hydrogens is 242 g/mol. The fourth-order valence-electron chi connectivity index (χ4n) is 2.33. The third-order valence-corrected chi connectivity index (χ3v) is 4.43. The second kappa shape index (κ2) is 5.93. The lowest BCUT2D eigenvalue weighted by molar-refractivity contribution is -0.146. The summed E-state index contributed by atoms with van der Waals surface area (Å²) in [4.78, 5) is 25.7. The van der Waals surface area contributed by atoms with Crippen LogP contribution in [0.1, 0.15) is 41.0 Å². The Labute approximate surface area is 116 Å². The monoisotopic (exact) mass is 269 g/mol. The van der Waals surface area contributed by atoms with Crippen molar-refractivity contribution >= 4 is 11.9 Å². The molecule has 4 heteroatoms. The van der Waals surface area contributed by atoms with E-state index >= 15 is 0 Å². The molecule has 1 rings (SSSR count). The van der Waals surface area contributed by atoms with Crippen molar-refractivity contribution in [3.05, 3.63) is 0 Å². The largest absolute Gasteiger partial charge is 0.469 e. The maximum Gasteiger partial charge on any atom is 0.310 e. The summed E-state index contributed by atoms with van der Waals surface area (Å²) in [5.74, 6) is 0.292. The molecule has 0 radical (unpaired) electrons. The zero-order chi connectivity index (χ0) is 14.8. The maximum absolute atomic E-state index is 12.3. The number of hydrogen-bond acceptors (Lipinski definition) is 3. The van der Waals surface area contributed by atoms with E-state index in [9.17, 15) is 9.59 Å². The molecule has 0 aromatic carbocycles. The Balaban J connectivity index is 2.59. The molecule has 1 aliphatic heterocycles. The highest BCUT2D eigenvalue weighted by atomic mass is 16.5. The first-order valence-corrected chi connectivity index (χ1v) is 7.02. The molecule has 3 atom stereocenters. The van der Waals surface area contributed by atoms with Gasteiger partial charge in [0, 0.05) is 19.5 Å². The summed E-state index contributed by atoms with van der Waals surface area (Å²) in [6.07, 6.45) is 0.546. The number of likely N-dealkylation sites (tertiary alicyclic amines) is 1. The van der Waals surface area contributed by atoms with Gasteiger partial charge in [0.25, 0.3) is 0 Å². The van der Waals surface area contributed by atoms with Crippen LogP contribution in [0, 0.1) is 23.2 Å². The molecule has 1 heterocycles. The minimum Gasteiger partial charge on any atom is -0.469 e. The third kappa shape index (κ3) is 3.95. The summed E-state index contributed by atoms with van der Waals surface area (Å²) in [5.41, 5.74) is 0.128. The molecular formula is C15H27NO3. The van der Waals surface area contributed by atoms with Gasteiger partial charge in [0.15, 0.2) is 0 Å². The van der Waals surface area contributed by atoms with Gasteiger partial charge < -0.3 is 9.64 Å². The van der Waals surface area contributed by atoms with Crippen molar-refractivity contribution in [1.29, 1.82) is 0 Å². The second-order valence-corrected chi connectivity index (χ2v) is 6.88. The first-order chi connectivity index (χ1) is 8.66. The fraction of sp³-hybridized carbons (Fsp3) is 0.867. The molecule has 0 bridgehead atoms. The number of ether oxygens (including phenoxy) is 1. The van der Waals surface area contributed by atoms with Gasteiger partial charge >= 0.3 is 5.97 Å². The average molecular weight is 269 g/mol. The Kier molecular flexibility index (Phi) is 4.99. The van der Waals surface area contributed by atoms with Crippen LogP contribution in [0.25, 0.3) is 0 Å². The van der Waals surface area contributed by atoms with Gasteiger partial charge in [-0.2, -0.15) is 0 Å². The number of amides is 1. The van der Waals surface area contributed by atoms with Gasteiger partial charge in [0.05, 0.1) is 13.0 Å². The van der Waals surface area contributed by atoms with E-state index in [0.717, 1.165) is 0 Å². The van der Waals surface area contributed by atoms with Crippen molar-refractivity contribution in [3.63, 3.8) is 0 Å². The number of nitrogens with zero attached hydrogens (tertiary/aromatic N) is 1. The molecule has 0 aliphatic carbocycles. The van der Waals surface area contributed by atoms with Crippen LogP contribution in [0.2, 0.25) is 0 Å². The van der Waals surface area contributed by atoms with Crippen LogP contribution in [0.3, 0.4) is 0 Å². The van der Waals surface area contributed by atoms with Crippen molar-refractivity contribution in [2.24, 2.45) is 23.2 Å². The molecule has 0 aromatic heterocycles. The predicted octanol–water partition coefficient (Wildman–Crippen LogP) is 2.33. The van der Waals surface area contributed by atoms with Crippen LogP contribution in [-0.2, 0) is 14.3 Å². The summed E-state index contributed by atoms with van der Waals surface area (Å²) in [6, 6.07) is 0. The molecule has 0 N–H and O–H groups in total. The molecule has 0 aromatic rings. The minimum atomic E-state index is -0.202. The lowest BCUT2D eigenvalue weighted by Crippen LogP contribution is -2.33. The molecule has 110 valence electrons. The number of esters is 1. The Morgan fingerprint density at radius 3 is 2.37 bits per heavy atom. The molecule has 3 unspecified atom stereocenters. The molecule has 1 fully saturated rings. The standard InChI is InChI=1S/C15H27NO3/c1-10-8-16(9-12(10)14(18)19-6)13(17)7-11(2)15(3,4)5/h10-12H,7-9H2,1-6H3. The Hall–Kier alpha value is -1.06. The quantitative estimate of drug-likeness (QED) is 0.739. The number of carbonyl (C=O) groups is 2. The van der Waals surface area contributed by atoms with Crippen LogP contribution < -0.4 is 0 Å². The van der Waals surface area contributed by atoms with Crippen LogP contribution in [0.4, 0.5) is 0 Å². The van der Waals surface area contributed by atoms with Crippen molar-refractivity contribution in [3.8, 4) is 0 Å². The Morgan fingerprint density at radius 2 is 1.89 bits per heavy atom. The zero-order valence-corrected chi connectivity index (χ0v) is 13.0. The van der Waals surface area contributed by atoms with Crippen LogP contribution in [-0.4, -0.2) is 37.0 Å². The van der Waals surface area contributed by atoms with Crippen LogP contribution in [0.15, 0.2) is 0 Å². The van der Waals surface area contributed by atoms with Gasteiger partial charge in [0.2, 0.25) is 5.91 Å². The van der Waals surface area contributed by atoms with Gasteiger partial charge in [-0.1, -0.05) is 34.6 Å². The van der Waals surface area contributed by atoms with Crippen LogP contribution in [0.5, 0.6) is 0 Å². The van der Waals surface area contributed by atoms with E-state index in [-0.39, 0.29) is 29.1 Å². The Bertz CT molecular complexity index is 346. The number of hydrogen-bond donors (Lipinski definition) is 0. The Morgan fingerprint density at radius 1 is 1.32 bits per heavy atom. The highest BCUT2D eigenvalue weighted by molar-refractivity contribution is 5.79. The number of methoxy groups -OCH3 is 1. The van der Waals surface area contributed by atoms with E-state index in [1.54, 1.807) is 0 Å². The van der Waals surface area contributed by atoms with Gasteiger partial charge in [-0.3, -0.25) is 9.59 Å². The zero-order valence-electron chi connectivity index (χ0n) is 13.0. The first kappa shape index (κ1) is 16.0. The molecule has 0 spiro atoms. The number of rotatable bonds is 3. The fourth-order valence-corrected chi connectivity index (χ4v) is 2.33. The van der Waals surface area contributed by atoms with Gasteiger partial charge in [0.1, 0.15) is 0 Å². The van der Waals surface area contributed by atoms with Crippen LogP contribution >= 0.6 is 0 Å². The molecule has 1 amide bonds. The van der Waals surface area contributed by atoms with Crippen molar-refractivity contribution < 1.29 is 14.3 Å². The summed E-state index contributed by atoms with van der Waals surface area (Å²) in [6.45, 7) is 11.7. The lowest BCUT2D eigenvalue weighted by Gasteiger charge is -2.28. The summed E-state index contributed by atoms with van der Waals surface area (Å²) < 4.78 is 4.79. The summed E-state index contributed by atoms with van der Waals surface area (Å²) >= 11 is 0. The molecule has 4 nitrogen and oxygen atoms in total. The number of carbonyl (C=O) groups excluding carboxylic acids is 2. The minimum absolute atomic E-state index is 0.128. The topological polar surface area (TPSA) is 46.6 Å². The van der Waals surface area contributed by atoms with Gasteiger partial charge in [-0.05, 0) is 17.3 Å². The van der Waals surface area contributed by atoms with E-state index in [4.69, 9.17) is 4.74 Å². The summed E-state index contributed by atoms with van der Waals surface area (Å²) in [5, 5.41) is 0. The summed E-state index contributed by atoms with van der Waals surface area (Å²) in [7, 11) is 1.40. The average Bonchev–Trinajstić information content (AvgIpc) is 2.69. The third-order valence-electron chi connectivity index (χ3n) is 4.43. The highest BCUT2D eigenvalue weighted by Gasteiger charge is 2.38. The van der Waals surface area contributed by atoms with E-state index in [0.29, 0.717) is 25.4 Å². The molecule has 0 saturated carbocycles. The maximum atomic E-state index is 12.3. The van der Waals surface area contributed by atoms with Crippen molar-refractivity contribution in [1.82, 2.24) is 4.90 Å². The molecule has 1 aliphatic rings. The smallest absolute Gasteiger partial charge is 0.310 e. The van der Waals surface area contributed by atoms with Gasteiger partial charge in [-0.15, -0.1) is 0 Å².